The second-order valence-electron chi connectivity index (χ2n) is 2.82. The Morgan fingerprint density at radius 2 is 2.64 bits per heavy atom. The molecule has 2 aliphatic heterocycles. The zero-order valence-corrected chi connectivity index (χ0v) is 6.37. The Labute approximate surface area is 65.0 Å². The average molecular weight is 154 g/mol. The molecule has 60 valence electrons. The molecule has 3 nitrogen and oxygen atoms in total. The van der Waals surface area contributed by atoms with Crippen molar-refractivity contribution in [1.82, 2.24) is 0 Å². The monoisotopic (exact) mass is 154 g/mol. The molecule has 0 aromatic rings. The van der Waals surface area contributed by atoms with Crippen LogP contribution in [0.15, 0.2) is 12.2 Å². The Morgan fingerprint density at radius 3 is 3.36 bits per heavy atom. The van der Waals surface area contributed by atoms with Crippen LogP contribution in [-0.4, -0.2) is 24.3 Å². The summed E-state index contributed by atoms with van der Waals surface area (Å²) in [6, 6.07) is 0. The highest BCUT2D eigenvalue weighted by molar-refractivity contribution is 5.94. The van der Waals surface area contributed by atoms with Crippen molar-refractivity contribution in [2.24, 2.45) is 0 Å². The van der Waals surface area contributed by atoms with Gasteiger partial charge in [0.05, 0.1) is 6.61 Å². The molecule has 0 radical (unpaired) electrons. The van der Waals surface area contributed by atoms with Crippen molar-refractivity contribution >= 4 is 5.78 Å². The van der Waals surface area contributed by atoms with E-state index in [9.17, 15) is 4.79 Å². The first-order valence-electron chi connectivity index (χ1n) is 3.81. The van der Waals surface area contributed by atoms with Gasteiger partial charge in [0.25, 0.3) is 0 Å². The van der Waals surface area contributed by atoms with Crippen LogP contribution in [0.25, 0.3) is 0 Å². The molecule has 2 atom stereocenters. The Kier molecular flexibility index (Phi) is 1.37. The van der Waals surface area contributed by atoms with Crippen LogP contribution in [0, 0.1) is 0 Å². The van der Waals surface area contributed by atoms with Gasteiger partial charge in [0, 0.05) is 6.42 Å². The minimum absolute atomic E-state index is 0.0200. The normalized spacial score (nSPS) is 41.5. The number of ether oxygens (including phenoxy) is 2. The summed E-state index contributed by atoms with van der Waals surface area (Å²) in [4.78, 5) is 11.0. The molecule has 0 spiro atoms. The topological polar surface area (TPSA) is 35.5 Å². The summed E-state index contributed by atoms with van der Waals surface area (Å²) in [6.45, 7) is 2.38. The van der Waals surface area contributed by atoms with Crippen LogP contribution in [0.1, 0.15) is 13.3 Å². The van der Waals surface area contributed by atoms with E-state index in [0.29, 0.717) is 6.61 Å². The lowest BCUT2D eigenvalue weighted by molar-refractivity contribution is -0.150. The molecule has 2 unspecified atom stereocenters. The molecular weight excluding hydrogens is 144 g/mol. The van der Waals surface area contributed by atoms with E-state index in [1.165, 1.54) is 0 Å². The molecule has 0 amide bonds. The van der Waals surface area contributed by atoms with E-state index in [1.807, 2.05) is 6.92 Å². The summed E-state index contributed by atoms with van der Waals surface area (Å²) < 4.78 is 10.7. The van der Waals surface area contributed by atoms with Crippen molar-refractivity contribution < 1.29 is 14.3 Å². The van der Waals surface area contributed by atoms with Crippen LogP contribution >= 0.6 is 0 Å². The van der Waals surface area contributed by atoms with E-state index >= 15 is 0 Å². The molecule has 3 heteroatoms. The van der Waals surface area contributed by atoms with E-state index in [0.717, 1.165) is 6.42 Å². The van der Waals surface area contributed by atoms with Gasteiger partial charge in [0.1, 0.15) is 6.10 Å². The molecular formula is C8H10O3. The van der Waals surface area contributed by atoms with Gasteiger partial charge in [-0.3, -0.25) is 4.79 Å². The van der Waals surface area contributed by atoms with Crippen LogP contribution in [0.3, 0.4) is 0 Å². The first-order chi connectivity index (χ1) is 5.26. The van der Waals surface area contributed by atoms with Crippen LogP contribution in [-0.2, 0) is 14.3 Å². The highest BCUT2D eigenvalue weighted by atomic mass is 16.7. The predicted molar refractivity (Wildman–Crippen MR) is 38.0 cm³/mol. The van der Waals surface area contributed by atoms with E-state index < -0.39 is 5.79 Å². The minimum atomic E-state index is -0.585. The van der Waals surface area contributed by atoms with E-state index in [2.05, 4.69) is 0 Å². The zero-order chi connectivity index (χ0) is 7.90. The van der Waals surface area contributed by atoms with Gasteiger partial charge < -0.3 is 9.47 Å². The fourth-order valence-electron chi connectivity index (χ4n) is 1.37. The van der Waals surface area contributed by atoms with E-state index in [4.69, 9.17) is 9.47 Å². The molecule has 2 rings (SSSR count). The Morgan fingerprint density at radius 1 is 1.82 bits per heavy atom. The Hall–Kier alpha value is -0.670. The lowest BCUT2D eigenvalue weighted by Gasteiger charge is -2.24. The van der Waals surface area contributed by atoms with Crippen LogP contribution in [0.2, 0.25) is 0 Å². The van der Waals surface area contributed by atoms with Crippen LogP contribution in [0.5, 0.6) is 0 Å². The maximum absolute atomic E-state index is 11.0. The number of fused-ring (bicyclic) bond motifs is 2. The van der Waals surface area contributed by atoms with Gasteiger partial charge in [-0.15, -0.1) is 0 Å². The van der Waals surface area contributed by atoms with Crippen molar-refractivity contribution in [3.05, 3.63) is 12.2 Å². The summed E-state index contributed by atoms with van der Waals surface area (Å²) in [5.41, 5.74) is 0. The third-order valence-corrected chi connectivity index (χ3v) is 2.13. The second kappa shape index (κ2) is 2.16. The molecule has 1 saturated heterocycles. The number of ketones is 1. The van der Waals surface area contributed by atoms with Gasteiger partial charge in [-0.2, -0.15) is 0 Å². The Bertz CT molecular complexity index is 221. The van der Waals surface area contributed by atoms with Gasteiger partial charge in [-0.05, 0) is 12.2 Å². The number of hydrogen-bond donors (Lipinski definition) is 0. The third kappa shape index (κ3) is 0.921. The molecule has 2 aliphatic rings. The van der Waals surface area contributed by atoms with Crippen molar-refractivity contribution in [2.45, 2.75) is 25.2 Å². The summed E-state index contributed by atoms with van der Waals surface area (Å²) in [6.07, 6.45) is 3.68. The highest BCUT2D eigenvalue weighted by Gasteiger charge is 2.43. The quantitative estimate of drug-likeness (QED) is 0.556. The lowest BCUT2D eigenvalue weighted by Crippen LogP contribution is -2.33. The zero-order valence-electron chi connectivity index (χ0n) is 6.37. The van der Waals surface area contributed by atoms with Gasteiger partial charge in [-0.25, -0.2) is 0 Å². The van der Waals surface area contributed by atoms with E-state index in [1.54, 1.807) is 12.2 Å². The fourth-order valence-corrected chi connectivity index (χ4v) is 1.37. The van der Waals surface area contributed by atoms with Crippen molar-refractivity contribution in [1.29, 1.82) is 0 Å². The molecule has 1 fully saturated rings. The minimum Gasteiger partial charge on any atom is -0.343 e. The van der Waals surface area contributed by atoms with Crippen molar-refractivity contribution in [3.8, 4) is 0 Å². The van der Waals surface area contributed by atoms with Gasteiger partial charge >= 0.3 is 0 Å². The summed E-state index contributed by atoms with van der Waals surface area (Å²) in [7, 11) is 0. The summed E-state index contributed by atoms with van der Waals surface area (Å²) in [5.74, 6) is -0.565. The standard InChI is InChI=1S/C8H10O3/c1-2-8-4-3-6(9)7(11-8)5-10-8/h3-4,7H,2,5H2,1H3. The molecule has 2 bridgehead atoms. The van der Waals surface area contributed by atoms with Crippen LogP contribution in [0.4, 0.5) is 0 Å². The molecule has 0 aromatic carbocycles. The fraction of sp³-hybridized carbons (Fsp3) is 0.625. The molecule has 0 N–H and O–H groups in total. The first kappa shape index (κ1) is 7.00. The molecule has 0 saturated carbocycles. The van der Waals surface area contributed by atoms with Gasteiger partial charge in [0.2, 0.25) is 0 Å². The number of carbonyl (C=O) groups is 1. The number of rotatable bonds is 1. The Balaban J connectivity index is 2.30. The first-order valence-corrected chi connectivity index (χ1v) is 3.81. The summed E-state index contributed by atoms with van der Waals surface area (Å²) >= 11 is 0. The second-order valence-corrected chi connectivity index (χ2v) is 2.82. The predicted octanol–water partition coefficient (Wildman–Crippen LogP) is 0.647. The van der Waals surface area contributed by atoms with Gasteiger partial charge in [0.15, 0.2) is 11.6 Å². The lowest BCUT2D eigenvalue weighted by atomic mass is 10.1. The maximum Gasteiger partial charge on any atom is 0.189 e. The number of hydrogen-bond acceptors (Lipinski definition) is 3. The largest absolute Gasteiger partial charge is 0.343 e. The maximum atomic E-state index is 11.0. The van der Waals surface area contributed by atoms with Crippen LogP contribution < -0.4 is 0 Å². The SMILES string of the molecule is CCC12C=CC(=O)C(CO1)O2. The third-order valence-electron chi connectivity index (χ3n) is 2.13. The van der Waals surface area contributed by atoms with Gasteiger partial charge in [-0.1, -0.05) is 6.92 Å². The van der Waals surface area contributed by atoms with E-state index in [-0.39, 0.29) is 11.9 Å². The molecule has 0 aromatic heterocycles. The average Bonchev–Trinajstić information content (AvgIpc) is 2.40. The molecule has 0 aliphatic carbocycles. The molecule has 11 heavy (non-hydrogen) atoms. The molecule has 2 heterocycles. The highest BCUT2D eigenvalue weighted by Crippen LogP contribution is 2.32. The number of carbonyl (C=O) groups excluding carboxylic acids is 1. The van der Waals surface area contributed by atoms with Crippen molar-refractivity contribution in [2.75, 3.05) is 6.61 Å². The smallest absolute Gasteiger partial charge is 0.189 e. The van der Waals surface area contributed by atoms with Crippen molar-refractivity contribution in [3.63, 3.8) is 0 Å². The summed E-state index contributed by atoms with van der Waals surface area (Å²) in [5, 5.41) is 0.